The maximum atomic E-state index is 12.1. The number of nitrogens with one attached hydrogen (secondary N) is 1. The van der Waals surface area contributed by atoms with Crippen LogP contribution >= 0.6 is 22.7 Å². The average molecular weight is 347 g/mol. The maximum Gasteiger partial charge on any atom is 0.358 e. The Morgan fingerprint density at radius 2 is 2.04 bits per heavy atom. The standard InChI is InChI=1S/C15H13N3O3S2/c1-8(13-17-10-5-3-4-6-12(10)23-13)21-14(20)11-7-22-15(18-11)16-9(2)19/h3-8H,1-2H3,(H,16,18,19). The third kappa shape index (κ3) is 3.54. The van der Waals surface area contributed by atoms with Crippen molar-refractivity contribution in [3.63, 3.8) is 0 Å². The van der Waals surface area contributed by atoms with E-state index in [1.165, 1.54) is 29.6 Å². The number of aromatic nitrogens is 2. The number of anilines is 1. The van der Waals surface area contributed by atoms with Gasteiger partial charge in [0.15, 0.2) is 16.9 Å². The topological polar surface area (TPSA) is 81.2 Å². The highest BCUT2D eigenvalue weighted by Crippen LogP contribution is 2.28. The molecule has 6 nitrogen and oxygen atoms in total. The molecule has 1 amide bonds. The van der Waals surface area contributed by atoms with E-state index in [9.17, 15) is 9.59 Å². The van der Waals surface area contributed by atoms with Crippen LogP contribution in [0.25, 0.3) is 10.2 Å². The highest BCUT2D eigenvalue weighted by atomic mass is 32.1. The number of ether oxygens (including phenoxy) is 1. The van der Waals surface area contributed by atoms with E-state index in [4.69, 9.17) is 4.74 Å². The number of benzene rings is 1. The van der Waals surface area contributed by atoms with Crippen LogP contribution in [0.15, 0.2) is 29.6 Å². The molecule has 0 saturated heterocycles. The summed E-state index contributed by atoms with van der Waals surface area (Å²) in [6.45, 7) is 3.16. The van der Waals surface area contributed by atoms with Gasteiger partial charge in [0.2, 0.25) is 5.91 Å². The summed E-state index contributed by atoms with van der Waals surface area (Å²) in [6.07, 6.45) is -0.467. The second-order valence-electron chi connectivity index (χ2n) is 4.79. The lowest BCUT2D eigenvalue weighted by Crippen LogP contribution is -2.10. The fourth-order valence-electron chi connectivity index (χ4n) is 1.91. The first-order chi connectivity index (χ1) is 11.0. The van der Waals surface area contributed by atoms with Gasteiger partial charge in [-0.1, -0.05) is 12.1 Å². The number of rotatable bonds is 4. The Hall–Kier alpha value is -2.32. The first kappa shape index (κ1) is 15.6. The Labute approximate surface area is 140 Å². The SMILES string of the molecule is CC(=O)Nc1nc(C(=O)OC(C)c2nc3ccccc3s2)cs1. The summed E-state index contributed by atoms with van der Waals surface area (Å²) in [4.78, 5) is 31.6. The second kappa shape index (κ2) is 6.43. The van der Waals surface area contributed by atoms with Crippen LogP contribution in [-0.4, -0.2) is 21.8 Å². The van der Waals surface area contributed by atoms with Crippen LogP contribution in [0.4, 0.5) is 5.13 Å². The number of thiazole rings is 2. The third-order valence-corrected chi connectivity index (χ3v) is 4.89. The van der Waals surface area contributed by atoms with Crippen molar-refractivity contribution < 1.29 is 14.3 Å². The molecular formula is C15H13N3O3S2. The zero-order valence-corrected chi connectivity index (χ0v) is 14.0. The van der Waals surface area contributed by atoms with Crippen molar-refractivity contribution in [2.75, 3.05) is 5.32 Å². The van der Waals surface area contributed by atoms with Crippen LogP contribution in [0.1, 0.15) is 35.4 Å². The van der Waals surface area contributed by atoms with Gasteiger partial charge in [-0.25, -0.2) is 14.8 Å². The molecule has 1 atom stereocenters. The number of fused-ring (bicyclic) bond motifs is 1. The van der Waals surface area contributed by atoms with E-state index in [-0.39, 0.29) is 11.6 Å². The number of hydrogen-bond acceptors (Lipinski definition) is 7. The highest BCUT2D eigenvalue weighted by Gasteiger charge is 2.19. The zero-order chi connectivity index (χ0) is 16.4. The van der Waals surface area contributed by atoms with Crippen molar-refractivity contribution in [1.82, 2.24) is 9.97 Å². The van der Waals surface area contributed by atoms with Gasteiger partial charge in [0, 0.05) is 12.3 Å². The van der Waals surface area contributed by atoms with Gasteiger partial charge < -0.3 is 10.1 Å². The first-order valence-corrected chi connectivity index (χ1v) is 8.52. The molecule has 8 heteroatoms. The Kier molecular flexibility index (Phi) is 4.35. The lowest BCUT2D eigenvalue weighted by atomic mass is 10.3. The van der Waals surface area contributed by atoms with E-state index in [1.807, 2.05) is 24.3 Å². The third-order valence-electron chi connectivity index (χ3n) is 2.94. The molecule has 2 aromatic heterocycles. The van der Waals surface area contributed by atoms with Crippen molar-refractivity contribution in [2.24, 2.45) is 0 Å². The molecule has 1 aromatic carbocycles. The lowest BCUT2D eigenvalue weighted by molar-refractivity contribution is -0.114. The van der Waals surface area contributed by atoms with Gasteiger partial charge >= 0.3 is 5.97 Å². The van der Waals surface area contributed by atoms with E-state index >= 15 is 0 Å². The number of carbonyl (C=O) groups is 2. The van der Waals surface area contributed by atoms with Crippen molar-refractivity contribution in [2.45, 2.75) is 20.0 Å². The molecule has 1 N–H and O–H groups in total. The lowest BCUT2D eigenvalue weighted by Gasteiger charge is -2.08. The Morgan fingerprint density at radius 1 is 1.26 bits per heavy atom. The minimum atomic E-state index is -0.537. The second-order valence-corrected chi connectivity index (χ2v) is 6.71. The summed E-state index contributed by atoms with van der Waals surface area (Å²) < 4.78 is 6.46. The van der Waals surface area contributed by atoms with Gasteiger partial charge in [-0.3, -0.25) is 4.79 Å². The predicted octanol–water partition coefficient (Wildman–Crippen LogP) is 3.63. The normalized spacial score (nSPS) is 12.1. The number of carbonyl (C=O) groups excluding carboxylic acids is 2. The number of para-hydroxylation sites is 1. The van der Waals surface area contributed by atoms with Gasteiger partial charge in [-0.15, -0.1) is 22.7 Å². The summed E-state index contributed by atoms with van der Waals surface area (Å²) in [5, 5.41) is 5.19. The molecule has 3 aromatic rings. The number of amides is 1. The Morgan fingerprint density at radius 3 is 2.78 bits per heavy atom. The van der Waals surface area contributed by atoms with Crippen LogP contribution < -0.4 is 5.32 Å². The van der Waals surface area contributed by atoms with E-state index in [2.05, 4.69) is 15.3 Å². The van der Waals surface area contributed by atoms with Gasteiger partial charge in [0.25, 0.3) is 0 Å². The van der Waals surface area contributed by atoms with E-state index in [0.717, 1.165) is 15.2 Å². The monoisotopic (exact) mass is 347 g/mol. The molecule has 0 bridgehead atoms. The summed E-state index contributed by atoms with van der Waals surface area (Å²) in [7, 11) is 0. The molecular weight excluding hydrogens is 334 g/mol. The molecule has 2 heterocycles. The van der Waals surface area contributed by atoms with Crippen LogP contribution in [0.3, 0.4) is 0 Å². The number of nitrogens with zero attached hydrogens (tertiary/aromatic N) is 2. The minimum Gasteiger partial charge on any atom is -0.451 e. The first-order valence-electron chi connectivity index (χ1n) is 6.82. The molecule has 23 heavy (non-hydrogen) atoms. The molecule has 0 radical (unpaired) electrons. The molecule has 0 aliphatic heterocycles. The van der Waals surface area contributed by atoms with E-state index in [1.54, 1.807) is 12.3 Å². The van der Waals surface area contributed by atoms with E-state index in [0.29, 0.717) is 5.13 Å². The number of esters is 1. The molecule has 0 fully saturated rings. The van der Waals surface area contributed by atoms with Crippen molar-refractivity contribution >= 4 is 49.9 Å². The highest BCUT2D eigenvalue weighted by molar-refractivity contribution is 7.18. The quantitative estimate of drug-likeness (QED) is 0.729. The van der Waals surface area contributed by atoms with Crippen LogP contribution in [-0.2, 0) is 9.53 Å². The molecule has 1 unspecified atom stereocenters. The molecule has 0 spiro atoms. The van der Waals surface area contributed by atoms with E-state index < -0.39 is 12.1 Å². The maximum absolute atomic E-state index is 12.1. The van der Waals surface area contributed by atoms with Gasteiger partial charge in [0.1, 0.15) is 5.01 Å². The van der Waals surface area contributed by atoms with Crippen LogP contribution in [0.2, 0.25) is 0 Å². The minimum absolute atomic E-state index is 0.173. The zero-order valence-electron chi connectivity index (χ0n) is 12.4. The molecule has 118 valence electrons. The van der Waals surface area contributed by atoms with Crippen LogP contribution in [0.5, 0.6) is 0 Å². The molecule has 0 aliphatic carbocycles. The largest absolute Gasteiger partial charge is 0.451 e. The van der Waals surface area contributed by atoms with Crippen LogP contribution in [0, 0.1) is 0 Å². The average Bonchev–Trinajstić information content (AvgIpc) is 3.12. The fourth-order valence-corrected chi connectivity index (χ4v) is 3.58. The Bertz CT molecular complexity index is 839. The van der Waals surface area contributed by atoms with Gasteiger partial charge in [0.05, 0.1) is 10.2 Å². The van der Waals surface area contributed by atoms with Crippen molar-refractivity contribution in [3.05, 3.63) is 40.3 Å². The van der Waals surface area contributed by atoms with Crippen molar-refractivity contribution in [3.8, 4) is 0 Å². The molecule has 0 aliphatic rings. The molecule has 0 saturated carbocycles. The summed E-state index contributed by atoms with van der Waals surface area (Å²) in [6, 6.07) is 7.76. The van der Waals surface area contributed by atoms with Crippen molar-refractivity contribution in [1.29, 1.82) is 0 Å². The fraction of sp³-hybridized carbons (Fsp3) is 0.200. The Balaban J connectivity index is 1.71. The molecule has 3 rings (SSSR count). The summed E-state index contributed by atoms with van der Waals surface area (Å²) >= 11 is 2.67. The van der Waals surface area contributed by atoms with Gasteiger partial charge in [-0.05, 0) is 19.1 Å². The number of hydrogen-bond donors (Lipinski definition) is 1. The summed E-state index contributed by atoms with van der Waals surface area (Å²) in [5.74, 6) is -0.772. The smallest absolute Gasteiger partial charge is 0.358 e. The predicted molar refractivity (Wildman–Crippen MR) is 89.9 cm³/mol. The summed E-state index contributed by atoms with van der Waals surface area (Å²) in [5.41, 5.74) is 1.06. The van der Waals surface area contributed by atoms with Gasteiger partial charge in [-0.2, -0.15) is 0 Å².